The Balaban J connectivity index is 2.18. The molecule has 0 radical (unpaired) electrons. The molecule has 3 aromatic carbocycles. The molecule has 0 fully saturated rings. The molecule has 0 aromatic heterocycles. The van der Waals surface area contributed by atoms with E-state index in [9.17, 15) is 14.4 Å². The summed E-state index contributed by atoms with van der Waals surface area (Å²) in [6.45, 7) is 18.8. The normalized spacial score (nSPS) is 13.1. The van der Waals surface area contributed by atoms with Gasteiger partial charge in [0.05, 0.1) is 0 Å². The molecule has 0 aliphatic carbocycles. The molecule has 0 saturated heterocycles. The number of nitrogens with one attached hydrogen (secondary N) is 2. The van der Waals surface area contributed by atoms with Gasteiger partial charge in [-0.1, -0.05) is 66.7 Å². The lowest BCUT2D eigenvalue weighted by Crippen LogP contribution is -2.58. The van der Waals surface area contributed by atoms with E-state index < -0.39 is 29.3 Å². The summed E-state index contributed by atoms with van der Waals surface area (Å²) in [7, 11) is 0. The minimum atomic E-state index is -0.990. The molecule has 0 saturated carbocycles. The van der Waals surface area contributed by atoms with Gasteiger partial charge in [0, 0.05) is 17.6 Å². The van der Waals surface area contributed by atoms with Crippen molar-refractivity contribution < 1.29 is 19.1 Å². The highest BCUT2D eigenvalue weighted by Gasteiger charge is 2.43. The zero-order valence-corrected chi connectivity index (χ0v) is 27.3. The molecule has 0 heterocycles. The van der Waals surface area contributed by atoms with E-state index in [2.05, 4.69) is 10.6 Å². The lowest BCUT2D eigenvalue weighted by atomic mass is 9.89. The van der Waals surface area contributed by atoms with Crippen LogP contribution >= 0.6 is 0 Å². The van der Waals surface area contributed by atoms with Crippen molar-refractivity contribution in [2.24, 2.45) is 0 Å². The summed E-state index contributed by atoms with van der Waals surface area (Å²) in [4.78, 5) is 44.0. The van der Waals surface area contributed by atoms with Gasteiger partial charge in [0.25, 0.3) is 5.91 Å². The average Bonchev–Trinajstić information content (AvgIpc) is 2.88. The highest BCUT2D eigenvalue weighted by Crippen LogP contribution is 2.35. The molecule has 3 aromatic rings. The molecule has 43 heavy (non-hydrogen) atoms. The maximum absolute atomic E-state index is 14.8. The third-order valence-electron chi connectivity index (χ3n) is 7.28. The molecule has 7 nitrogen and oxygen atoms in total. The number of aryl methyl sites for hydroxylation is 4. The Hall–Kier alpha value is -4.13. The summed E-state index contributed by atoms with van der Waals surface area (Å²) in [5.41, 5.74) is 4.43. The summed E-state index contributed by atoms with van der Waals surface area (Å²) >= 11 is 0. The number of anilines is 1. The van der Waals surface area contributed by atoms with E-state index in [1.165, 1.54) is 0 Å². The van der Waals surface area contributed by atoms with Crippen LogP contribution in [0.3, 0.4) is 0 Å². The van der Waals surface area contributed by atoms with Gasteiger partial charge >= 0.3 is 6.09 Å². The molecule has 0 aliphatic heterocycles. The number of benzene rings is 3. The number of carbonyl (C=O) groups excluding carboxylic acids is 3. The Labute approximate surface area is 257 Å². The topological polar surface area (TPSA) is 87.7 Å². The monoisotopic (exact) mass is 585 g/mol. The summed E-state index contributed by atoms with van der Waals surface area (Å²) in [5, 5.41) is 5.99. The fraction of sp³-hybridized carbons (Fsp3) is 0.417. The van der Waals surface area contributed by atoms with Crippen molar-refractivity contribution in [3.05, 3.63) is 100 Å². The zero-order chi connectivity index (χ0) is 32.1. The van der Waals surface area contributed by atoms with Crippen molar-refractivity contribution in [3.63, 3.8) is 0 Å². The second-order valence-electron chi connectivity index (χ2n) is 13.2. The number of ether oxygens (including phenoxy) is 1. The third-order valence-corrected chi connectivity index (χ3v) is 7.28. The molecule has 2 N–H and O–H groups in total. The zero-order valence-electron chi connectivity index (χ0n) is 27.3. The Morgan fingerprint density at radius 1 is 0.744 bits per heavy atom. The third kappa shape index (κ3) is 8.69. The van der Waals surface area contributed by atoms with Crippen molar-refractivity contribution >= 4 is 23.6 Å². The number of nitrogens with zero attached hydrogens (tertiary/aromatic N) is 1. The van der Waals surface area contributed by atoms with Crippen LogP contribution in [0.5, 0.6) is 0 Å². The predicted molar refractivity (Wildman–Crippen MR) is 173 cm³/mol. The Morgan fingerprint density at radius 3 is 1.74 bits per heavy atom. The van der Waals surface area contributed by atoms with Crippen molar-refractivity contribution in [2.45, 2.75) is 98.9 Å². The van der Waals surface area contributed by atoms with Gasteiger partial charge in [0.2, 0.25) is 5.91 Å². The molecule has 7 heteroatoms. The minimum Gasteiger partial charge on any atom is -0.444 e. The number of carbonyl (C=O) groups is 3. The van der Waals surface area contributed by atoms with Crippen molar-refractivity contribution in [1.29, 1.82) is 0 Å². The summed E-state index contributed by atoms with van der Waals surface area (Å²) in [5.74, 6) is -0.708. The fourth-order valence-electron chi connectivity index (χ4n) is 5.35. The van der Waals surface area contributed by atoms with E-state index in [0.29, 0.717) is 0 Å². The number of alkyl carbamates (subject to hydrolysis) is 1. The van der Waals surface area contributed by atoms with E-state index >= 15 is 0 Å². The molecule has 0 aliphatic rings. The first-order valence-corrected chi connectivity index (χ1v) is 14.8. The molecule has 0 bridgehead atoms. The van der Waals surface area contributed by atoms with Gasteiger partial charge in [-0.05, 0) is 103 Å². The van der Waals surface area contributed by atoms with E-state index in [1.807, 2.05) is 115 Å². The number of para-hydroxylation sites is 1. The van der Waals surface area contributed by atoms with Gasteiger partial charge in [-0.2, -0.15) is 0 Å². The van der Waals surface area contributed by atoms with Crippen LogP contribution in [-0.4, -0.2) is 40.0 Å². The van der Waals surface area contributed by atoms with Crippen LogP contribution in [0.1, 0.15) is 81.0 Å². The van der Waals surface area contributed by atoms with Crippen molar-refractivity contribution in [2.75, 3.05) is 5.32 Å². The van der Waals surface area contributed by atoms with E-state index in [0.717, 1.165) is 39.1 Å². The molecule has 3 amide bonds. The van der Waals surface area contributed by atoms with Gasteiger partial charge in [-0.15, -0.1) is 0 Å². The predicted octanol–water partition coefficient (Wildman–Crippen LogP) is 7.36. The highest BCUT2D eigenvalue weighted by molar-refractivity contribution is 6.00. The first-order valence-electron chi connectivity index (χ1n) is 14.8. The summed E-state index contributed by atoms with van der Waals surface area (Å²) in [6.07, 6.45) is -0.469. The van der Waals surface area contributed by atoms with Crippen LogP contribution in [0.4, 0.5) is 10.5 Å². The molecule has 2 atom stereocenters. The van der Waals surface area contributed by atoms with Crippen molar-refractivity contribution in [3.8, 4) is 0 Å². The van der Waals surface area contributed by atoms with Crippen LogP contribution in [0.15, 0.2) is 66.7 Å². The smallest absolute Gasteiger partial charge is 0.408 e. The average molecular weight is 586 g/mol. The van der Waals surface area contributed by atoms with Crippen molar-refractivity contribution in [1.82, 2.24) is 10.2 Å². The van der Waals surface area contributed by atoms with Gasteiger partial charge in [-0.25, -0.2) is 4.79 Å². The summed E-state index contributed by atoms with van der Waals surface area (Å²) in [6, 6.07) is 19.2. The van der Waals surface area contributed by atoms with Gasteiger partial charge in [-0.3, -0.25) is 9.59 Å². The van der Waals surface area contributed by atoms with Gasteiger partial charge in [0.15, 0.2) is 0 Å². The van der Waals surface area contributed by atoms with E-state index in [1.54, 1.807) is 25.7 Å². The molecule has 0 spiro atoms. The molecule has 2 unspecified atom stereocenters. The first kappa shape index (κ1) is 33.4. The largest absolute Gasteiger partial charge is 0.444 e. The maximum Gasteiger partial charge on any atom is 0.408 e. The molecule has 230 valence electrons. The summed E-state index contributed by atoms with van der Waals surface area (Å²) < 4.78 is 5.56. The van der Waals surface area contributed by atoms with Crippen LogP contribution in [-0.2, 0) is 20.7 Å². The lowest BCUT2D eigenvalue weighted by Gasteiger charge is -2.44. The van der Waals surface area contributed by atoms with E-state index in [-0.39, 0.29) is 18.2 Å². The lowest BCUT2D eigenvalue weighted by molar-refractivity contribution is -0.146. The first-order chi connectivity index (χ1) is 20.0. The fourth-order valence-corrected chi connectivity index (χ4v) is 5.35. The Bertz CT molecular complexity index is 1410. The minimum absolute atomic E-state index is 0.226. The van der Waals surface area contributed by atoms with Gasteiger partial charge in [0.1, 0.15) is 17.7 Å². The second kappa shape index (κ2) is 13.4. The number of hydrogen-bond acceptors (Lipinski definition) is 4. The number of amides is 3. The molecular weight excluding hydrogens is 538 g/mol. The molecule has 3 rings (SSSR count). The quantitative estimate of drug-likeness (QED) is 0.289. The van der Waals surface area contributed by atoms with E-state index in [4.69, 9.17) is 4.74 Å². The standard InChI is InChI=1S/C36H47N3O4/c1-23-16-14-17-24(2)29(23)31(32(40)38-30-25(3)18-15-19-26(30)4)39(35(5,6)7)33(41)28(22-27-20-12-11-13-21-27)37-34(42)43-36(8,9)10/h11-21,28,31H,22H2,1-10H3,(H,37,42)(H,38,40). The highest BCUT2D eigenvalue weighted by atomic mass is 16.6. The maximum atomic E-state index is 14.8. The van der Waals surface area contributed by atoms with Crippen LogP contribution in [0.25, 0.3) is 0 Å². The number of rotatable bonds is 8. The van der Waals surface area contributed by atoms with Crippen LogP contribution in [0, 0.1) is 27.7 Å². The van der Waals surface area contributed by atoms with Gasteiger partial charge < -0.3 is 20.3 Å². The number of hydrogen-bond donors (Lipinski definition) is 2. The Morgan fingerprint density at radius 2 is 1.26 bits per heavy atom. The SMILES string of the molecule is Cc1cccc(C)c1NC(=O)C(c1c(C)cccc1C)N(C(=O)C(Cc1ccccc1)NC(=O)OC(C)(C)C)C(C)(C)C. The second-order valence-corrected chi connectivity index (χ2v) is 13.2. The molecular formula is C36H47N3O4. The Kier molecular flexibility index (Phi) is 10.4. The van der Waals surface area contributed by atoms with Crippen LogP contribution in [0.2, 0.25) is 0 Å². The van der Waals surface area contributed by atoms with Crippen LogP contribution < -0.4 is 10.6 Å².